The zero-order valence-electron chi connectivity index (χ0n) is 16.6. The number of nitrogens with one attached hydrogen (secondary N) is 2. The van der Waals surface area contributed by atoms with Gasteiger partial charge in [-0.15, -0.1) is 0 Å². The Morgan fingerprint density at radius 3 is 2.83 bits per heavy atom. The smallest absolute Gasteiger partial charge is 0.251 e. The molecule has 3 aliphatic heterocycles. The van der Waals surface area contributed by atoms with Crippen molar-refractivity contribution in [3.8, 4) is 5.75 Å². The van der Waals surface area contributed by atoms with Gasteiger partial charge in [-0.3, -0.25) is 4.79 Å². The first-order valence-electron chi connectivity index (χ1n) is 10.7. The van der Waals surface area contributed by atoms with Crippen LogP contribution in [0, 0.1) is 0 Å². The molecule has 2 unspecified atom stereocenters. The van der Waals surface area contributed by atoms with Crippen molar-refractivity contribution in [2.24, 2.45) is 0 Å². The Labute approximate surface area is 179 Å². The SMILES string of the molecule is O=C(N[C@H]1CCOc2ccccc21)c1ccc2nc(N3CC4CCC(C3)N4)sc2c1. The molecule has 0 aliphatic carbocycles. The lowest BCUT2D eigenvalue weighted by Crippen LogP contribution is -2.51. The molecule has 0 saturated carbocycles. The highest BCUT2D eigenvalue weighted by atomic mass is 32.1. The van der Waals surface area contributed by atoms with Crippen LogP contribution in [0.2, 0.25) is 0 Å². The van der Waals surface area contributed by atoms with Crippen LogP contribution in [-0.2, 0) is 0 Å². The van der Waals surface area contributed by atoms with Crippen LogP contribution in [0.3, 0.4) is 0 Å². The number of nitrogens with zero attached hydrogens (tertiary/aromatic N) is 2. The molecule has 2 bridgehead atoms. The Kier molecular flexibility index (Phi) is 4.39. The molecule has 154 valence electrons. The Hall–Kier alpha value is -2.64. The van der Waals surface area contributed by atoms with E-state index in [4.69, 9.17) is 9.72 Å². The minimum Gasteiger partial charge on any atom is -0.493 e. The van der Waals surface area contributed by atoms with Crippen molar-refractivity contribution in [3.63, 3.8) is 0 Å². The predicted octanol–water partition coefficient (Wildman–Crippen LogP) is 3.49. The fraction of sp³-hybridized carbons (Fsp3) is 0.391. The highest BCUT2D eigenvalue weighted by molar-refractivity contribution is 7.22. The summed E-state index contributed by atoms with van der Waals surface area (Å²) in [5.41, 5.74) is 2.70. The number of thiazole rings is 1. The number of benzene rings is 2. The topological polar surface area (TPSA) is 66.5 Å². The molecule has 3 aliphatic rings. The molecule has 0 spiro atoms. The van der Waals surface area contributed by atoms with Gasteiger partial charge in [-0.1, -0.05) is 29.5 Å². The number of hydrogen-bond donors (Lipinski definition) is 2. The molecule has 1 aromatic heterocycles. The number of aromatic nitrogens is 1. The lowest BCUT2D eigenvalue weighted by atomic mass is 10.00. The van der Waals surface area contributed by atoms with Crippen molar-refractivity contribution in [3.05, 3.63) is 53.6 Å². The number of para-hydroxylation sites is 1. The summed E-state index contributed by atoms with van der Waals surface area (Å²) >= 11 is 1.69. The molecule has 2 saturated heterocycles. The van der Waals surface area contributed by atoms with Gasteiger partial charge in [0.15, 0.2) is 5.13 Å². The van der Waals surface area contributed by atoms with E-state index in [2.05, 4.69) is 15.5 Å². The third-order valence-electron chi connectivity index (χ3n) is 6.39. The molecule has 30 heavy (non-hydrogen) atoms. The van der Waals surface area contributed by atoms with E-state index in [1.165, 1.54) is 12.8 Å². The van der Waals surface area contributed by atoms with Gasteiger partial charge in [-0.25, -0.2) is 4.98 Å². The molecular formula is C23H24N4O2S. The maximum Gasteiger partial charge on any atom is 0.251 e. The zero-order chi connectivity index (χ0) is 20.1. The summed E-state index contributed by atoms with van der Waals surface area (Å²) in [6, 6.07) is 14.9. The normalized spacial score (nSPS) is 25.1. The quantitative estimate of drug-likeness (QED) is 0.679. The van der Waals surface area contributed by atoms with Crippen molar-refractivity contribution in [2.75, 3.05) is 24.6 Å². The first kappa shape index (κ1) is 18.2. The van der Waals surface area contributed by atoms with Crippen molar-refractivity contribution >= 4 is 32.6 Å². The Morgan fingerprint density at radius 1 is 1.13 bits per heavy atom. The Bertz CT molecular complexity index is 1100. The molecule has 6 rings (SSSR count). The molecule has 6 nitrogen and oxygen atoms in total. The minimum atomic E-state index is -0.0474. The first-order valence-corrected chi connectivity index (χ1v) is 11.5. The van der Waals surface area contributed by atoms with Gasteiger partial charge in [0.05, 0.1) is 22.9 Å². The number of carbonyl (C=O) groups is 1. The number of anilines is 1. The van der Waals surface area contributed by atoms with E-state index in [1.807, 2.05) is 42.5 Å². The number of ether oxygens (including phenoxy) is 1. The maximum atomic E-state index is 13.0. The van der Waals surface area contributed by atoms with Gasteiger partial charge in [0.2, 0.25) is 0 Å². The van der Waals surface area contributed by atoms with Crippen molar-refractivity contribution < 1.29 is 9.53 Å². The Balaban J connectivity index is 1.22. The van der Waals surface area contributed by atoms with Gasteiger partial charge in [-0.2, -0.15) is 0 Å². The average molecular weight is 421 g/mol. The maximum absolute atomic E-state index is 13.0. The van der Waals surface area contributed by atoms with Crippen LogP contribution in [-0.4, -0.2) is 42.7 Å². The third kappa shape index (κ3) is 3.22. The number of carbonyl (C=O) groups excluding carboxylic acids is 1. The second-order valence-corrected chi connectivity index (χ2v) is 9.43. The first-order chi connectivity index (χ1) is 14.7. The molecule has 2 fully saturated rings. The van der Waals surface area contributed by atoms with Crippen LogP contribution in [0.15, 0.2) is 42.5 Å². The van der Waals surface area contributed by atoms with Crippen LogP contribution in [0.25, 0.3) is 10.2 Å². The molecule has 2 N–H and O–H groups in total. The summed E-state index contributed by atoms with van der Waals surface area (Å²) in [5.74, 6) is 0.815. The third-order valence-corrected chi connectivity index (χ3v) is 7.47. The van der Waals surface area contributed by atoms with Gasteiger partial charge in [-0.05, 0) is 37.1 Å². The van der Waals surface area contributed by atoms with Crippen molar-refractivity contribution in [1.29, 1.82) is 0 Å². The minimum absolute atomic E-state index is 0.0218. The van der Waals surface area contributed by atoms with Gasteiger partial charge in [0.25, 0.3) is 5.91 Å². The molecule has 2 aromatic carbocycles. The van der Waals surface area contributed by atoms with E-state index in [0.29, 0.717) is 24.3 Å². The summed E-state index contributed by atoms with van der Waals surface area (Å²) in [7, 11) is 0. The van der Waals surface area contributed by atoms with Crippen molar-refractivity contribution in [1.82, 2.24) is 15.6 Å². The Morgan fingerprint density at radius 2 is 1.97 bits per heavy atom. The molecule has 0 radical (unpaired) electrons. The van der Waals surface area contributed by atoms with E-state index in [1.54, 1.807) is 11.3 Å². The molecule has 3 atom stereocenters. The van der Waals surface area contributed by atoms with Gasteiger partial charge in [0.1, 0.15) is 5.75 Å². The van der Waals surface area contributed by atoms with E-state index in [9.17, 15) is 4.79 Å². The van der Waals surface area contributed by atoms with Gasteiger partial charge >= 0.3 is 0 Å². The lowest BCUT2D eigenvalue weighted by Gasteiger charge is -2.32. The second-order valence-electron chi connectivity index (χ2n) is 8.42. The molecule has 3 aromatic rings. The zero-order valence-corrected chi connectivity index (χ0v) is 17.5. The molecule has 1 amide bonds. The predicted molar refractivity (Wildman–Crippen MR) is 119 cm³/mol. The van der Waals surface area contributed by atoms with Crippen LogP contribution >= 0.6 is 11.3 Å². The highest BCUT2D eigenvalue weighted by Gasteiger charge is 2.33. The summed E-state index contributed by atoms with van der Waals surface area (Å²) in [6.07, 6.45) is 3.29. The summed E-state index contributed by atoms with van der Waals surface area (Å²) in [6.45, 7) is 2.66. The molecular weight excluding hydrogens is 396 g/mol. The second kappa shape index (κ2) is 7.25. The van der Waals surface area contributed by atoms with Crippen LogP contribution in [0.1, 0.15) is 41.2 Å². The van der Waals surface area contributed by atoms with E-state index in [0.717, 1.165) is 46.2 Å². The van der Waals surface area contributed by atoms with E-state index < -0.39 is 0 Å². The van der Waals surface area contributed by atoms with Gasteiger partial charge in [0, 0.05) is 42.7 Å². The number of piperazine rings is 1. The number of amides is 1. The van der Waals surface area contributed by atoms with E-state index >= 15 is 0 Å². The lowest BCUT2D eigenvalue weighted by molar-refractivity contribution is 0.0925. The summed E-state index contributed by atoms with van der Waals surface area (Å²) in [4.78, 5) is 20.2. The number of rotatable bonds is 3. The number of hydrogen-bond acceptors (Lipinski definition) is 6. The average Bonchev–Trinajstić information content (AvgIpc) is 3.35. The molecule has 7 heteroatoms. The largest absolute Gasteiger partial charge is 0.493 e. The fourth-order valence-corrected chi connectivity index (χ4v) is 5.90. The van der Waals surface area contributed by atoms with Crippen LogP contribution in [0.4, 0.5) is 5.13 Å². The monoisotopic (exact) mass is 420 g/mol. The molecule has 4 heterocycles. The van der Waals surface area contributed by atoms with Crippen LogP contribution < -0.4 is 20.3 Å². The summed E-state index contributed by atoms with van der Waals surface area (Å²) < 4.78 is 6.78. The fourth-order valence-electron chi connectivity index (χ4n) is 4.88. The highest BCUT2D eigenvalue weighted by Crippen LogP contribution is 2.34. The number of fused-ring (bicyclic) bond motifs is 4. The van der Waals surface area contributed by atoms with Crippen LogP contribution in [0.5, 0.6) is 5.75 Å². The van der Waals surface area contributed by atoms with E-state index in [-0.39, 0.29) is 11.9 Å². The van der Waals surface area contributed by atoms with Gasteiger partial charge < -0.3 is 20.3 Å². The summed E-state index contributed by atoms with van der Waals surface area (Å²) in [5, 5.41) is 7.93. The standard InChI is InChI=1S/C23H24N4O2S/c28-22(25-18-9-10-29-20-4-2-1-3-17(18)20)14-5-8-19-21(11-14)30-23(26-19)27-12-15-6-7-16(13-27)24-15/h1-5,8,11,15-16,18,24H,6-7,9-10,12-13H2,(H,25,28)/t15?,16?,18-/m0/s1. The van der Waals surface area contributed by atoms with Crippen molar-refractivity contribution in [2.45, 2.75) is 37.4 Å².